The second-order valence-corrected chi connectivity index (χ2v) is 4.58. The number of anilines is 1. The van der Waals surface area contributed by atoms with Crippen molar-refractivity contribution in [2.75, 3.05) is 37.6 Å². The largest absolute Gasteiger partial charge is 0.369 e. The monoisotopic (exact) mass is 217 g/mol. The SMILES string of the molecule is c1cc2c(c(N3CCNCC3)c1)CNCC2. The van der Waals surface area contributed by atoms with Gasteiger partial charge in [0.25, 0.3) is 0 Å². The number of nitrogens with one attached hydrogen (secondary N) is 2. The van der Waals surface area contributed by atoms with Gasteiger partial charge in [0.2, 0.25) is 0 Å². The van der Waals surface area contributed by atoms with Crippen LogP contribution >= 0.6 is 0 Å². The number of rotatable bonds is 1. The lowest BCUT2D eigenvalue weighted by Crippen LogP contribution is -2.44. The predicted molar refractivity (Wildman–Crippen MR) is 66.9 cm³/mol. The quantitative estimate of drug-likeness (QED) is 0.726. The molecule has 2 heterocycles. The van der Waals surface area contributed by atoms with E-state index in [9.17, 15) is 0 Å². The Hall–Kier alpha value is -1.06. The molecule has 2 N–H and O–H groups in total. The van der Waals surface area contributed by atoms with E-state index < -0.39 is 0 Å². The van der Waals surface area contributed by atoms with Crippen molar-refractivity contribution in [2.24, 2.45) is 0 Å². The van der Waals surface area contributed by atoms with Gasteiger partial charge in [-0.2, -0.15) is 0 Å². The first-order valence-corrected chi connectivity index (χ1v) is 6.22. The molecule has 0 atom stereocenters. The average Bonchev–Trinajstić information content (AvgIpc) is 2.39. The summed E-state index contributed by atoms with van der Waals surface area (Å²) in [4.78, 5) is 2.52. The van der Waals surface area contributed by atoms with Gasteiger partial charge in [-0.05, 0) is 30.2 Å². The van der Waals surface area contributed by atoms with Gasteiger partial charge in [-0.15, -0.1) is 0 Å². The molecule has 3 rings (SSSR count). The molecule has 0 aromatic heterocycles. The molecule has 3 nitrogen and oxygen atoms in total. The summed E-state index contributed by atoms with van der Waals surface area (Å²) < 4.78 is 0. The lowest BCUT2D eigenvalue weighted by Gasteiger charge is -2.33. The van der Waals surface area contributed by atoms with Crippen molar-refractivity contribution in [1.82, 2.24) is 10.6 Å². The summed E-state index contributed by atoms with van der Waals surface area (Å²) in [5.41, 5.74) is 4.51. The van der Waals surface area contributed by atoms with E-state index in [2.05, 4.69) is 33.7 Å². The zero-order chi connectivity index (χ0) is 10.8. The van der Waals surface area contributed by atoms with Crippen LogP contribution in [0.4, 0.5) is 5.69 Å². The van der Waals surface area contributed by atoms with E-state index in [4.69, 9.17) is 0 Å². The zero-order valence-corrected chi connectivity index (χ0v) is 9.63. The topological polar surface area (TPSA) is 27.3 Å². The maximum absolute atomic E-state index is 3.48. The van der Waals surface area contributed by atoms with Crippen LogP contribution in [0.1, 0.15) is 11.1 Å². The summed E-state index contributed by atoms with van der Waals surface area (Å²) in [5, 5.41) is 6.89. The number of benzene rings is 1. The Balaban J connectivity index is 1.93. The summed E-state index contributed by atoms with van der Waals surface area (Å²) in [6.07, 6.45) is 1.18. The van der Waals surface area contributed by atoms with Crippen molar-refractivity contribution < 1.29 is 0 Å². The van der Waals surface area contributed by atoms with Crippen molar-refractivity contribution in [2.45, 2.75) is 13.0 Å². The standard InChI is InChI=1S/C13H19N3/c1-2-11-4-5-15-10-12(11)13(3-1)16-8-6-14-7-9-16/h1-3,14-15H,4-10H2. The Labute approximate surface area is 96.8 Å². The van der Waals surface area contributed by atoms with Gasteiger partial charge in [0.05, 0.1) is 0 Å². The normalized spacial score (nSPS) is 20.6. The number of fused-ring (bicyclic) bond motifs is 1. The summed E-state index contributed by atoms with van der Waals surface area (Å²) in [7, 11) is 0. The van der Waals surface area contributed by atoms with E-state index in [-0.39, 0.29) is 0 Å². The summed E-state index contributed by atoms with van der Waals surface area (Å²) in [6.45, 7) is 6.65. The van der Waals surface area contributed by atoms with Crippen molar-refractivity contribution in [1.29, 1.82) is 0 Å². The van der Waals surface area contributed by atoms with E-state index in [1.165, 1.54) is 23.2 Å². The van der Waals surface area contributed by atoms with Gasteiger partial charge in [-0.1, -0.05) is 12.1 Å². The molecule has 3 heteroatoms. The first-order chi connectivity index (χ1) is 7.95. The van der Waals surface area contributed by atoms with Crippen LogP contribution in [0.5, 0.6) is 0 Å². The molecule has 86 valence electrons. The van der Waals surface area contributed by atoms with Crippen LogP contribution in [0.25, 0.3) is 0 Å². The van der Waals surface area contributed by atoms with Gasteiger partial charge in [0, 0.05) is 38.4 Å². The van der Waals surface area contributed by atoms with Gasteiger partial charge < -0.3 is 15.5 Å². The molecule has 2 aliphatic rings. The Morgan fingerprint density at radius 3 is 2.75 bits per heavy atom. The molecule has 16 heavy (non-hydrogen) atoms. The van der Waals surface area contributed by atoms with Crippen molar-refractivity contribution in [3.05, 3.63) is 29.3 Å². The minimum Gasteiger partial charge on any atom is -0.369 e. The van der Waals surface area contributed by atoms with Crippen LogP contribution < -0.4 is 15.5 Å². The Morgan fingerprint density at radius 1 is 1.00 bits per heavy atom. The van der Waals surface area contributed by atoms with E-state index in [0.29, 0.717) is 0 Å². The van der Waals surface area contributed by atoms with E-state index in [0.717, 1.165) is 39.3 Å². The van der Waals surface area contributed by atoms with Crippen LogP contribution in [0.3, 0.4) is 0 Å². The molecule has 0 bridgehead atoms. The highest BCUT2D eigenvalue weighted by atomic mass is 15.2. The number of hydrogen-bond donors (Lipinski definition) is 2. The van der Waals surface area contributed by atoms with Gasteiger partial charge >= 0.3 is 0 Å². The molecular formula is C13H19N3. The van der Waals surface area contributed by atoms with Crippen molar-refractivity contribution in [3.63, 3.8) is 0 Å². The Kier molecular flexibility index (Phi) is 2.80. The average molecular weight is 217 g/mol. The minimum absolute atomic E-state index is 1.04. The van der Waals surface area contributed by atoms with Gasteiger partial charge in [-0.3, -0.25) is 0 Å². The lowest BCUT2D eigenvalue weighted by atomic mass is 9.98. The molecule has 0 spiro atoms. The molecule has 0 amide bonds. The molecule has 1 aromatic carbocycles. The third kappa shape index (κ3) is 1.81. The van der Waals surface area contributed by atoms with Crippen LogP contribution in [0.15, 0.2) is 18.2 Å². The van der Waals surface area contributed by atoms with Crippen LogP contribution in [-0.4, -0.2) is 32.7 Å². The molecule has 2 aliphatic heterocycles. The fourth-order valence-electron chi connectivity index (χ4n) is 2.70. The third-order valence-corrected chi connectivity index (χ3v) is 3.58. The zero-order valence-electron chi connectivity index (χ0n) is 9.63. The molecule has 0 saturated carbocycles. The highest BCUT2D eigenvalue weighted by Crippen LogP contribution is 2.26. The number of hydrogen-bond acceptors (Lipinski definition) is 3. The van der Waals surface area contributed by atoms with Crippen LogP contribution in [0.2, 0.25) is 0 Å². The number of piperazine rings is 1. The van der Waals surface area contributed by atoms with E-state index in [1.807, 2.05) is 0 Å². The molecule has 1 saturated heterocycles. The second kappa shape index (κ2) is 4.44. The minimum atomic E-state index is 1.04. The fraction of sp³-hybridized carbons (Fsp3) is 0.538. The maximum atomic E-state index is 3.48. The summed E-state index contributed by atoms with van der Waals surface area (Å²) >= 11 is 0. The molecule has 0 aliphatic carbocycles. The van der Waals surface area contributed by atoms with Gasteiger partial charge in [0.1, 0.15) is 0 Å². The fourth-order valence-corrected chi connectivity index (χ4v) is 2.70. The summed E-state index contributed by atoms with van der Waals surface area (Å²) in [6, 6.07) is 6.76. The Morgan fingerprint density at radius 2 is 1.88 bits per heavy atom. The van der Waals surface area contributed by atoms with Crippen LogP contribution in [0, 0.1) is 0 Å². The molecule has 1 aromatic rings. The van der Waals surface area contributed by atoms with Crippen molar-refractivity contribution in [3.8, 4) is 0 Å². The van der Waals surface area contributed by atoms with Crippen molar-refractivity contribution >= 4 is 5.69 Å². The van der Waals surface area contributed by atoms with Crippen LogP contribution in [-0.2, 0) is 13.0 Å². The second-order valence-electron chi connectivity index (χ2n) is 4.58. The molecule has 0 unspecified atom stereocenters. The lowest BCUT2D eigenvalue weighted by molar-refractivity contribution is 0.581. The predicted octanol–water partition coefficient (Wildman–Crippen LogP) is 0.742. The van der Waals surface area contributed by atoms with Gasteiger partial charge in [-0.25, -0.2) is 0 Å². The number of nitrogens with zero attached hydrogens (tertiary/aromatic N) is 1. The highest BCUT2D eigenvalue weighted by molar-refractivity contribution is 5.58. The van der Waals surface area contributed by atoms with Gasteiger partial charge in [0.15, 0.2) is 0 Å². The third-order valence-electron chi connectivity index (χ3n) is 3.58. The first-order valence-electron chi connectivity index (χ1n) is 6.22. The van der Waals surface area contributed by atoms with E-state index in [1.54, 1.807) is 0 Å². The van der Waals surface area contributed by atoms with E-state index >= 15 is 0 Å². The smallest absolute Gasteiger partial charge is 0.0415 e. The highest BCUT2D eigenvalue weighted by Gasteiger charge is 2.17. The molecule has 1 fully saturated rings. The first kappa shape index (κ1) is 10.1. The molecule has 0 radical (unpaired) electrons. The maximum Gasteiger partial charge on any atom is 0.0415 e. The Bertz CT molecular complexity index is 369. The summed E-state index contributed by atoms with van der Waals surface area (Å²) in [5.74, 6) is 0. The molecular weight excluding hydrogens is 198 g/mol.